The molecule has 0 atom stereocenters. The number of nitrogens with one attached hydrogen (secondary N) is 3. The second-order valence-electron chi connectivity index (χ2n) is 7.14. The average molecular weight is 474 g/mol. The van der Waals surface area contributed by atoms with Gasteiger partial charge in [-0.3, -0.25) is 5.32 Å². The van der Waals surface area contributed by atoms with E-state index in [-0.39, 0.29) is 6.03 Å². The number of fused-ring (bicyclic) bond motifs is 1. The van der Waals surface area contributed by atoms with Gasteiger partial charge in [0.05, 0.1) is 7.11 Å². The fourth-order valence-electron chi connectivity index (χ4n) is 3.19. The monoisotopic (exact) mass is 473 g/mol. The van der Waals surface area contributed by atoms with Gasteiger partial charge in [0.1, 0.15) is 11.6 Å². The fourth-order valence-corrected chi connectivity index (χ4v) is 3.72. The van der Waals surface area contributed by atoms with E-state index in [9.17, 15) is 4.79 Å². The number of ether oxygens (including phenoxy) is 1. The summed E-state index contributed by atoms with van der Waals surface area (Å²) in [6.07, 6.45) is 1.63. The number of oxazole rings is 1. The highest BCUT2D eigenvalue weighted by atomic mass is 32.1. The maximum absolute atomic E-state index is 12.1. The minimum atomic E-state index is -0.363. The lowest BCUT2D eigenvalue weighted by atomic mass is 10.2. The highest BCUT2D eigenvalue weighted by Crippen LogP contribution is 2.29. The van der Waals surface area contributed by atoms with Crippen molar-refractivity contribution < 1.29 is 13.9 Å². The quantitative estimate of drug-likeness (QED) is 0.297. The second-order valence-corrected chi connectivity index (χ2v) is 8.03. The number of methoxy groups -OCH3 is 1. The summed E-state index contributed by atoms with van der Waals surface area (Å²) < 4.78 is 11.1. The van der Waals surface area contributed by atoms with Gasteiger partial charge in [-0.05, 0) is 55.5 Å². The first-order chi connectivity index (χ1) is 16.6. The van der Waals surface area contributed by atoms with Crippen molar-refractivity contribution in [1.82, 2.24) is 19.9 Å². The molecule has 0 saturated carbocycles. The van der Waals surface area contributed by atoms with Crippen LogP contribution in [0.1, 0.15) is 5.82 Å². The molecule has 3 heterocycles. The molecule has 0 fully saturated rings. The third-order valence-corrected chi connectivity index (χ3v) is 5.45. The lowest BCUT2D eigenvalue weighted by Gasteiger charge is -2.09. The van der Waals surface area contributed by atoms with Gasteiger partial charge in [0.15, 0.2) is 16.5 Å². The number of aromatic nitrogens is 4. The molecule has 0 spiro atoms. The number of hydrogen-bond acceptors (Lipinski definition) is 9. The van der Waals surface area contributed by atoms with Crippen molar-refractivity contribution in [2.45, 2.75) is 6.92 Å². The van der Waals surface area contributed by atoms with Crippen molar-refractivity contribution in [3.63, 3.8) is 0 Å². The third kappa shape index (κ3) is 4.64. The summed E-state index contributed by atoms with van der Waals surface area (Å²) in [5, 5.41) is 11.0. The van der Waals surface area contributed by atoms with Crippen molar-refractivity contribution in [3.8, 4) is 17.2 Å². The van der Waals surface area contributed by atoms with E-state index >= 15 is 0 Å². The number of hydrogen-bond donors (Lipinski definition) is 3. The SMILES string of the molecule is COc1ccc(-c2nc3c(Nc4ccc(NC(=O)Nc5nccs5)cc4)nc(C)nc3o2)cc1. The lowest BCUT2D eigenvalue weighted by molar-refractivity contribution is 0.262. The minimum Gasteiger partial charge on any atom is -0.497 e. The van der Waals surface area contributed by atoms with Gasteiger partial charge in [-0.1, -0.05) is 0 Å². The molecule has 170 valence electrons. The van der Waals surface area contributed by atoms with Crippen LogP contribution < -0.4 is 20.7 Å². The van der Waals surface area contributed by atoms with Crippen LogP contribution in [0.2, 0.25) is 0 Å². The summed E-state index contributed by atoms with van der Waals surface area (Å²) in [5.41, 5.74) is 3.10. The van der Waals surface area contributed by atoms with Crippen molar-refractivity contribution in [1.29, 1.82) is 0 Å². The standard InChI is InChI=1S/C23H19N7O3S/c1-13-25-19(18-21(26-13)33-20(29-18)14-3-9-17(32-2)10-4-14)27-15-5-7-16(8-6-15)28-22(31)30-23-24-11-12-34-23/h3-12H,1-2H3,(H,25,26,27)(H2,24,28,30,31). The molecule has 2 aromatic carbocycles. The average Bonchev–Trinajstić information content (AvgIpc) is 3.50. The molecule has 0 radical (unpaired) electrons. The topological polar surface area (TPSA) is 127 Å². The van der Waals surface area contributed by atoms with E-state index in [1.54, 1.807) is 37.7 Å². The first-order valence-electron chi connectivity index (χ1n) is 10.2. The smallest absolute Gasteiger partial charge is 0.325 e. The van der Waals surface area contributed by atoms with Crippen LogP contribution in [0.4, 0.5) is 27.1 Å². The number of benzene rings is 2. The molecule has 0 unspecified atom stereocenters. The molecular weight excluding hydrogens is 454 g/mol. The van der Waals surface area contributed by atoms with Crippen LogP contribution in [0.15, 0.2) is 64.5 Å². The van der Waals surface area contributed by atoms with Crippen LogP contribution in [-0.2, 0) is 0 Å². The number of carbonyl (C=O) groups is 1. The number of amides is 2. The largest absolute Gasteiger partial charge is 0.497 e. The molecule has 10 nitrogen and oxygen atoms in total. The predicted octanol–water partition coefficient (Wildman–Crippen LogP) is 5.45. The highest BCUT2D eigenvalue weighted by Gasteiger charge is 2.16. The van der Waals surface area contributed by atoms with Gasteiger partial charge in [0.25, 0.3) is 5.71 Å². The number of nitrogens with zero attached hydrogens (tertiary/aromatic N) is 4. The minimum absolute atomic E-state index is 0.363. The zero-order valence-corrected chi connectivity index (χ0v) is 19.0. The van der Waals surface area contributed by atoms with E-state index in [1.165, 1.54) is 11.3 Å². The Morgan fingerprint density at radius 1 is 0.971 bits per heavy atom. The molecule has 0 aliphatic heterocycles. The Kier molecular flexibility index (Phi) is 5.75. The van der Waals surface area contributed by atoms with Gasteiger partial charge >= 0.3 is 6.03 Å². The molecule has 2 amide bonds. The molecule has 5 aromatic rings. The van der Waals surface area contributed by atoms with E-state index < -0.39 is 0 Å². The number of anilines is 4. The lowest BCUT2D eigenvalue weighted by Crippen LogP contribution is -2.19. The Morgan fingerprint density at radius 3 is 2.44 bits per heavy atom. The zero-order valence-electron chi connectivity index (χ0n) is 18.2. The van der Waals surface area contributed by atoms with Gasteiger partial charge in [-0.2, -0.15) is 4.98 Å². The molecular formula is C23H19N7O3S. The van der Waals surface area contributed by atoms with Crippen molar-refractivity contribution >= 4 is 50.9 Å². The Hall–Kier alpha value is -4.51. The van der Waals surface area contributed by atoms with E-state index in [0.29, 0.717) is 39.6 Å². The molecule has 34 heavy (non-hydrogen) atoms. The Balaban J connectivity index is 1.34. The van der Waals surface area contributed by atoms with Crippen molar-refractivity contribution in [2.24, 2.45) is 0 Å². The van der Waals surface area contributed by atoms with Gasteiger partial charge in [0, 0.05) is 28.5 Å². The molecule has 3 aromatic heterocycles. The molecule has 5 rings (SSSR count). The molecule has 11 heteroatoms. The number of thiazole rings is 1. The summed E-state index contributed by atoms with van der Waals surface area (Å²) in [4.78, 5) is 29.6. The zero-order chi connectivity index (χ0) is 23.5. The van der Waals surface area contributed by atoms with Crippen LogP contribution in [0.25, 0.3) is 22.7 Å². The van der Waals surface area contributed by atoms with Crippen LogP contribution in [0.5, 0.6) is 5.75 Å². The van der Waals surface area contributed by atoms with Crippen LogP contribution in [0.3, 0.4) is 0 Å². The summed E-state index contributed by atoms with van der Waals surface area (Å²) in [6, 6.07) is 14.3. The summed E-state index contributed by atoms with van der Waals surface area (Å²) >= 11 is 1.35. The second kappa shape index (κ2) is 9.16. The van der Waals surface area contributed by atoms with E-state index in [4.69, 9.17) is 9.15 Å². The molecule has 0 bridgehead atoms. The van der Waals surface area contributed by atoms with Crippen LogP contribution in [0, 0.1) is 6.92 Å². The molecule has 3 N–H and O–H groups in total. The Bertz CT molecular complexity index is 1430. The van der Waals surface area contributed by atoms with Gasteiger partial charge in [0.2, 0.25) is 5.89 Å². The normalized spacial score (nSPS) is 10.8. The van der Waals surface area contributed by atoms with Gasteiger partial charge in [-0.15, -0.1) is 11.3 Å². The first-order valence-corrected chi connectivity index (χ1v) is 11.1. The number of aryl methyl sites for hydroxylation is 1. The number of carbonyl (C=O) groups excluding carboxylic acids is 1. The Labute approximate surface area is 198 Å². The first kappa shape index (κ1) is 21.3. The summed E-state index contributed by atoms with van der Waals surface area (Å²) in [5.74, 6) is 2.25. The fraction of sp³-hybridized carbons (Fsp3) is 0.0870. The summed E-state index contributed by atoms with van der Waals surface area (Å²) in [7, 11) is 1.62. The van der Waals surface area contributed by atoms with Crippen LogP contribution in [-0.4, -0.2) is 33.1 Å². The van der Waals surface area contributed by atoms with Gasteiger partial charge in [-0.25, -0.2) is 19.7 Å². The van der Waals surface area contributed by atoms with Crippen molar-refractivity contribution in [2.75, 3.05) is 23.1 Å². The third-order valence-electron chi connectivity index (χ3n) is 4.77. The maximum atomic E-state index is 12.1. The maximum Gasteiger partial charge on any atom is 0.325 e. The predicted molar refractivity (Wildman–Crippen MR) is 131 cm³/mol. The van der Waals surface area contributed by atoms with Crippen LogP contribution >= 0.6 is 11.3 Å². The van der Waals surface area contributed by atoms with Gasteiger partial charge < -0.3 is 19.8 Å². The Morgan fingerprint density at radius 2 is 1.74 bits per heavy atom. The summed E-state index contributed by atoms with van der Waals surface area (Å²) in [6.45, 7) is 1.79. The highest BCUT2D eigenvalue weighted by molar-refractivity contribution is 7.13. The number of urea groups is 1. The molecule has 0 saturated heterocycles. The van der Waals surface area contributed by atoms with E-state index in [1.807, 2.05) is 36.4 Å². The molecule has 0 aliphatic rings. The number of rotatable bonds is 6. The van der Waals surface area contributed by atoms with E-state index in [0.717, 1.165) is 17.0 Å². The van der Waals surface area contributed by atoms with E-state index in [2.05, 4.69) is 35.9 Å². The molecule has 0 aliphatic carbocycles. The van der Waals surface area contributed by atoms with Crippen molar-refractivity contribution in [3.05, 3.63) is 65.9 Å².